The third-order valence-electron chi connectivity index (χ3n) is 5.30. The van der Waals surface area contributed by atoms with Crippen LogP contribution in [0.4, 0.5) is 17.4 Å². The van der Waals surface area contributed by atoms with E-state index in [4.69, 9.17) is 18.6 Å². The summed E-state index contributed by atoms with van der Waals surface area (Å²) in [5, 5.41) is 23.6. The highest BCUT2D eigenvalue weighted by molar-refractivity contribution is 6.06. The van der Waals surface area contributed by atoms with Gasteiger partial charge >= 0.3 is 6.01 Å². The van der Waals surface area contributed by atoms with E-state index in [2.05, 4.69) is 20.8 Å². The molecule has 38 heavy (non-hydrogen) atoms. The Balaban J connectivity index is 1.41. The zero-order valence-electron chi connectivity index (χ0n) is 20.4. The number of ether oxygens (including phenoxy) is 3. The molecule has 4 rings (SSSR count). The average molecular weight is 519 g/mol. The summed E-state index contributed by atoms with van der Waals surface area (Å²) in [5.41, 5.74) is 1.37. The van der Waals surface area contributed by atoms with Crippen LogP contribution in [0.15, 0.2) is 65.1 Å². The van der Waals surface area contributed by atoms with Crippen molar-refractivity contribution in [3.05, 3.63) is 81.9 Å². The number of hydrogen-bond donors (Lipinski definition) is 2. The van der Waals surface area contributed by atoms with E-state index in [1.54, 1.807) is 12.1 Å². The van der Waals surface area contributed by atoms with Gasteiger partial charge in [-0.05, 0) is 48.5 Å². The number of carbonyl (C=O) groups is 2. The number of aromatic nitrogens is 2. The van der Waals surface area contributed by atoms with Gasteiger partial charge < -0.3 is 23.9 Å². The molecule has 2 N–H and O–H groups in total. The van der Waals surface area contributed by atoms with Crippen molar-refractivity contribution in [1.82, 2.24) is 10.2 Å². The zero-order valence-corrected chi connectivity index (χ0v) is 20.4. The molecule has 13 nitrogen and oxygen atoms in total. The highest BCUT2D eigenvalue weighted by atomic mass is 16.6. The second-order valence-corrected chi connectivity index (χ2v) is 7.62. The maximum Gasteiger partial charge on any atom is 0.322 e. The van der Waals surface area contributed by atoms with Crippen molar-refractivity contribution >= 4 is 29.2 Å². The maximum atomic E-state index is 12.8. The van der Waals surface area contributed by atoms with Crippen molar-refractivity contribution in [2.75, 3.05) is 32.0 Å². The molecule has 0 atom stereocenters. The molecule has 0 saturated heterocycles. The number of anilines is 2. The number of carbonyl (C=O) groups excluding carboxylic acids is 2. The Hall–Kier alpha value is -5.46. The first-order chi connectivity index (χ1) is 18.3. The molecule has 0 unspecified atom stereocenters. The predicted molar refractivity (Wildman–Crippen MR) is 135 cm³/mol. The molecular weight excluding hydrogens is 498 g/mol. The predicted octanol–water partition coefficient (Wildman–Crippen LogP) is 4.18. The number of amides is 2. The summed E-state index contributed by atoms with van der Waals surface area (Å²) in [6, 6.07) is 14.6. The van der Waals surface area contributed by atoms with E-state index in [9.17, 15) is 19.7 Å². The first kappa shape index (κ1) is 25.6. The molecule has 13 heteroatoms. The summed E-state index contributed by atoms with van der Waals surface area (Å²) in [6.45, 7) is 0. The summed E-state index contributed by atoms with van der Waals surface area (Å²) in [7, 11) is 4.37. The summed E-state index contributed by atoms with van der Waals surface area (Å²) in [6.07, 6.45) is 0. The maximum absolute atomic E-state index is 12.8. The van der Waals surface area contributed by atoms with Gasteiger partial charge in [0.05, 0.1) is 26.3 Å². The number of benzene rings is 3. The van der Waals surface area contributed by atoms with Crippen LogP contribution in [-0.4, -0.2) is 48.3 Å². The van der Waals surface area contributed by atoms with Gasteiger partial charge in [-0.2, -0.15) is 0 Å². The van der Waals surface area contributed by atoms with Crippen LogP contribution in [-0.2, 0) is 0 Å². The smallest absolute Gasteiger partial charge is 0.322 e. The van der Waals surface area contributed by atoms with Gasteiger partial charge in [-0.25, -0.2) is 0 Å². The molecule has 0 radical (unpaired) electrons. The minimum absolute atomic E-state index is 0.0788. The number of rotatable bonds is 9. The number of hydrogen-bond acceptors (Lipinski definition) is 10. The van der Waals surface area contributed by atoms with Gasteiger partial charge in [-0.15, -0.1) is 5.10 Å². The number of methoxy groups -OCH3 is 3. The van der Waals surface area contributed by atoms with Crippen molar-refractivity contribution < 1.29 is 33.1 Å². The van der Waals surface area contributed by atoms with E-state index in [0.717, 1.165) is 0 Å². The van der Waals surface area contributed by atoms with Gasteiger partial charge in [-0.3, -0.25) is 25.0 Å². The van der Waals surface area contributed by atoms with E-state index in [1.807, 2.05) is 0 Å². The molecule has 0 aliphatic rings. The van der Waals surface area contributed by atoms with Crippen LogP contribution >= 0.6 is 0 Å². The number of nitrogens with one attached hydrogen (secondary N) is 2. The molecule has 194 valence electrons. The van der Waals surface area contributed by atoms with Crippen LogP contribution in [0, 0.1) is 10.1 Å². The molecule has 4 aromatic rings. The Bertz CT molecular complexity index is 1460. The molecule has 0 saturated carbocycles. The standard InChI is InChI=1S/C25H21N5O8/c1-35-19-12-16(13-20(36-2)21(19)37-3)23(32)26-17-8-4-14(5-9-17)22(31)27-25-29-28-24(38-25)15-6-10-18(11-7-15)30(33)34/h4-13H,1-3H3,(H,26,32)(H,27,29,31). The Kier molecular flexibility index (Phi) is 7.47. The second-order valence-electron chi connectivity index (χ2n) is 7.62. The van der Waals surface area contributed by atoms with E-state index in [0.29, 0.717) is 28.5 Å². The quantitative estimate of drug-likeness (QED) is 0.242. The summed E-state index contributed by atoms with van der Waals surface area (Å²) < 4.78 is 21.3. The van der Waals surface area contributed by atoms with E-state index in [1.165, 1.54) is 69.9 Å². The minimum atomic E-state index is -0.522. The first-order valence-electron chi connectivity index (χ1n) is 10.9. The lowest BCUT2D eigenvalue weighted by atomic mass is 10.1. The lowest BCUT2D eigenvalue weighted by Crippen LogP contribution is -2.14. The van der Waals surface area contributed by atoms with Crippen molar-refractivity contribution in [2.24, 2.45) is 0 Å². The van der Waals surface area contributed by atoms with Crippen LogP contribution in [0.2, 0.25) is 0 Å². The van der Waals surface area contributed by atoms with Crippen molar-refractivity contribution in [2.45, 2.75) is 0 Å². The largest absolute Gasteiger partial charge is 0.493 e. The van der Waals surface area contributed by atoms with Crippen molar-refractivity contribution in [3.8, 4) is 28.7 Å². The fraction of sp³-hybridized carbons (Fsp3) is 0.120. The van der Waals surface area contributed by atoms with Crippen LogP contribution < -0.4 is 24.8 Å². The summed E-state index contributed by atoms with van der Waals surface area (Å²) in [5.74, 6) is 0.170. The molecule has 2 amide bonds. The van der Waals surface area contributed by atoms with Crippen LogP contribution in [0.25, 0.3) is 11.5 Å². The van der Waals surface area contributed by atoms with Gasteiger partial charge in [0.2, 0.25) is 11.6 Å². The molecule has 0 aliphatic carbocycles. The lowest BCUT2D eigenvalue weighted by Gasteiger charge is -2.14. The molecule has 1 aromatic heterocycles. The van der Waals surface area contributed by atoms with Crippen LogP contribution in [0.5, 0.6) is 17.2 Å². The molecular formula is C25H21N5O8. The van der Waals surface area contributed by atoms with Gasteiger partial charge in [0.25, 0.3) is 17.5 Å². The topological polar surface area (TPSA) is 168 Å². The molecule has 3 aromatic carbocycles. The number of non-ortho nitro benzene ring substituents is 1. The van der Waals surface area contributed by atoms with E-state index >= 15 is 0 Å². The summed E-state index contributed by atoms with van der Waals surface area (Å²) in [4.78, 5) is 35.6. The van der Waals surface area contributed by atoms with E-state index in [-0.39, 0.29) is 28.7 Å². The van der Waals surface area contributed by atoms with Crippen LogP contribution in [0.1, 0.15) is 20.7 Å². The lowest BCUT2D eigenvalue weighted by molar-refractivity contribution is -0.384. The monoisotopic (exact) mass is 519 g/mol. The normalized spacial score (nSPS) is 10.4. The van der Waals surface area contributed by atoms with Gasteiger partial charge in [0.15, 0.2) is 11.5 Å². The van der Waals surface area contributed by atoms with Gasteiger partial charge in [-0.1, -0.05) is 5.10 Å². The fourth-order valence-electron chi connectivity index (χ4n) is 3.41. The zero-order chi connectivity index (χ0) is 27.2. The number of nitrogens with zero attached hydrogens (tertiary/aromatic N) is 3. The minimum Gasteiger partial charge on any atom is -0.493 e. The fourth-order valence-corrected chi connectivity index (χ4v) is 3.41. The van der Waals surface area contributed by atoms with Crippen molar-refractivity contribution in [1.29, 1.82) is 0 Å². The Labute approximate surface area is 215 Å². The SMILES string of the molecule is COc1cc(C(=O)Nc2ccc(C(=O)Nc3nnc(-c4ccc([N+](=O)[O-])cc4)o3)cc2)cc(OC)c1OC. The van der Waals surface area contributed by atoms with Crippen LogP contribution in [0.3, 0.4) is 0 Å². The number of nitro groups is 1. The Morgan fingerprint density at radius 3 is 1.97 bits per heavy atom. The second kappa shape index (κ2) is 11.1. The molecule has 0 bridgehead atoms. The molecule has 0 fully saturated rings. The third kappa shape index (κ3) is 5.51. The Morgan fingerprint density at radius 1 is 0.816 bits per heavy atom. The highest BCUT2D eigenvalue weighted by Crippen LogP contribution is 2.38. The number of nitro benzene ring substituents is 1. The van der Waals surface area contributed by atoms with E-state index < -0.39 is 16.7 Å². The average Bonchev–Trinajstić information content (AvgIpc) is 3.40. The molecule has 1 heterocycles. The summed E-state index contributed by atoms with van der Waals surface area (Å²) >= 11 is 0. The van der Waals surface area contributed by atoms with Crippen molar-refractivity contribution in [3.63, 3.8) is 0 Å². The van der Waals surface area contributed by atoms with Gasteiger partial charge in [0, 0.05) is 34.5 Å². The third-order valence-corrected chi connectivity index (χ3v) is 5.30. The highest BCUT2D eigenvalue weighted by Gasteiger charge is 2.18. The Morgan fingerprint density at radius 2 is 1.42 bits per heavy atom. The first-order valence-corrected chi connectivity index (χ1v) is 10.9. The van der Waals surface area contributed by atoms with Gasteiger partial charge in [0.1, 0.15) is 0 Å². The molecule has 0 spiro atoms. The molecule has 0 aliphatic heterocycles.